The van der Waals surface area contributed by atoms with Gasteiger partial charge < -0.3 is 11.5 Å². The summed E-state index contributed by atoms with van der Waals surface area (Å²) in [5, 5.41) is 0. The SMILES string of the molecule is [2H]C([2H])(N=C(N)N)C([2H])([2H])S(=O)(=O)O. The van der Waals surface area contributed by atoms with Crippen molar-refractivity contribution >= 4 is 16.1 Å². The number of nitrogens with two attached hydrogens (primary N) is 2. The van der Waals surface area contributed by atoms with Gasteiger partial charge in [0.05, 0.1) is 14.9 Å². The van der Waals surface area contributed by atoms with Crippen LogP contribution in [-0.2, 0) is 10.1 Å². The van der Waals surface area contributed by atoms with Gasteiger partial charge in [-0.1, -0.05) is 0 Å². The van der Waals surface area contributed by atoms with Crippen LogP contribution < -0.4 is 11.5 Å². The van der Waals surface area contributed by atoms with Crippen LogP contribution in [0.3, 0.4) is 0 Å². The predicted octanol–water partition coefficient (Wildman–Crippen LogP) is -1.85. The summed E-state index contributed by atoms with van der Waals surface area (Å²) >= 11 is 0. The van der Waals surface area contributed by atoms with Crippen molar-refractivity contribution in [2.75, 3.05) is 12.2 Å². The molecule has 0 amide bonds. The maximum atomic E-state index is 10.5. The molecule has 0 saturated carbocycles. The minimum atomic E-state index is -5.27. The molecule has 0 aromatic carbocycles. The van der Waals surface area contributed by atoms with Gasteiger partial charge >= 0.3 is 0 Å². The summed E-state index contributed by atoms with van der Waals surface area (Å²) in [4.78, 5) is 2.74. The molecule has 60 valence electrons. The van der Waals surface area contributed by atoms with E-state index in [9.17, 15) is 8.42 Å². The van der Waals surface area contributed by atoms with E-state index >= 15 is 0 Å². The van der Waals surface area contributed by atoms with Crippen LogP contribution in [0.2, 0.25) is 0 Å². The fourth-order valence-electron chi connectivity index (χ4n) is 0.145. The van der Waals surface area contributed by atoms with Crippen LogP contribution in [-0.4, -0.2) is 31.1 Å². The lowest BCUT2D eigenvalue weighted by Gasteiger charge is -1.91. The van der Waals surface area contributed by atoms with Gasteiger partial charge in [0.15, 0.2) is 5.96 Å². The third-order valence-electron chi connectivity index (χ3n) is 0.360. The van der Waals surface area contributed by atoms with E-state index in [0.29, 0.717) is 0 Å². The zero-order valence-electron chi connectivity index (χ0n) is 8.77. The minimum absolute atomic E-state index is 0.831. The molecule has 0 rings (SSSR count). The zero-order valence-corrected chi connectivity index (χ0v) is 5.59. The summed E-state index contributed by atoms with van der Waals surface area (Å²) in [5.41, 5.74) is 5.91. The highest BCUT2D eigenvalue weighted by Gasteiger charge is 2.01. The normalized spacial score (nSPS) is 19.7. The molecule has 0 radical (unpaired) electrons. The van der Waals surface area contributed by atoms with Crippen molar-refractivity contribution in [1.82, 2.24) is 0 Å². The Kier molecular flexibility index (Phi) is 1.40. The van der Waals surface area contributed by atoms with Crippen molar-refractivity contribution in [3.63, 3.8) is 0 Å². The van der Waals surface area contributed by atoms with Crippen molar-refractivity contribution in [1.29, 1.82) is 0 Å². The maximum absolute atomic E-state index is 10.5. The molecular formula is C3H9N3O3S. The van der Waals surface area contributed by atoms with Gasteiger partial charge in [-0.2, -0.15) is 8.42 Å². The highest BCUT2D eigenvalue weighted by Crippen LogP contribution is 1.80. The summed E-state index contributed by atoms with van der Waals surface area (Å²) in [6.45, 7) is -3.26. The number of hydrogen-bond donors (Lipinski definition) is 3. The van der Waals surface area contributed by atoms with E-state index in [2.05, 4.69) is 4.99 Å². The Morgan fingerprint density at radius 2 is 2.20 bits per heavy atom. The highest BCUT2D eigenvalue weighted by atomic mass is 32.2. The monoisotopic (exact) mass is 171 g/mol. The molecule has 7 heteroatoms. The van der Waals surface area contributed by atoms with Crippen molar-refractivity contribution in [3.05, 3.63) is 0 Å². The van der Waals surface area contributed by atoms with E-state index in [0.717, 1.165) is 0 Å². The first kappa shape index (κ1) is 4.14. The van der Waals surface area contributed by atoms with Gasteiger partial charge in [-0.05, 0) is 0 Å². The van der Waals surface area contributed by atoms with Gasteiger partial charge in [0.25, 0.3) is 10.1 Å². The standard InChI is InChI=1S/C3H9N3O3S/c4-3(5)6-1-2-10(7,8)9/h1-2H2,(H4,4,5,6)(H,7,8,9)/i1D2,2D2. The fraction of sp³-hybridized carbons (Fsp3) is 0.667. The Hall–Kier alpha value is -0.820. The van der Waals surface area contributed by atoms with E-state index in [1.54, 1.807) is 0 Å². The van der Waals surface area contributed by atoms with Gasteiger partial charge in [0.2, 0.25) is 0 Å². The molecule has 0 spiro atoms. The third kappa shape index (κ3) is 7.18. The van der Waals surface area contributed by atoms with E-state index < -0.39 is 28.3 Å². The first-order valence-electron chi connectivity index (χ1n) is 3.99. The quantitative estimate of drug-likeness (QED) is 0.261. The molecule has 0 aliphatic carbocycles. The Balaban J connectivity index is 5.41. The number of hydrogen-bond acceptors (Lipinski definition) is 3. The van der Waals surface area contributed by atoms with Crippen LogP contribution in [0.4, 0.5) is 0 Å². The molecule has 6 nitrogen and oxygen atoms in total. The minimum Gasteiger partial charge on any atom is -0.370 e. The van der Waals surface area contributed by atoms with Crippen LogP contribution in [0.5, 0.6) is 0 Å². The first-order valence-corrected chi connectivity index (χ1v) is 3.43. The molecule has 0 unspecified atom stereocenters. The molecule has 0 atom stereocenters. The second-order valence-corrected chi connectivity index (χ2v) is 2.38. The molecule has 0 aliphatic heterocycles. The Morgan fingerprint density at radius 3 is 2.50 bits per heavy atom. The largest absolute Gasteiger partial charge is 0.370 e. The lowest BCUT2D eigenvalue weighted by molar-refractivity contribution is 0.483. The van der Waals surface area contributed by atoms with E-state index in [1.165, 1.54) is 0 Å². The zero-order chi connectivity index (χ0) is 11.8. The topological polar surface area (TPSA) is 119 Å². The van der Waals surface area contributed by atoms with Gasteiger partial charge in [0.1, 0.15) is 0 Å². The number of nitrogens with zero attached hydrogens (tertiary/aromatic N) is 1. The van der Waals surface area contributed by atoms with Crippen LogP contribution in [0.15, 0.2) is 4.99 Å². The molecule has 0 aromatic heterocycles. The Morgan fingerprint density at radius 1 is 1.70 bits per heavy atom. The van der Waals surface area contributed by atoms with E-state index in [1.807, 2.05) is 0 Å². The summed E-state index contributed by atoms with van der Waals surface area (Å²) in [7, 11) is -5.27. The molecular weight excluding hydrogens is 158 g/mol. The first-order chi connectivity index (χ1) is 5.92. The molecule has 10 heavy (non-hydrogen) atoms. The van der Waals surface area contributed by atoms with Gasteiger partial charge in [0, 0.05) is 2.74 Å². The molecule has 0 aliphatic rings. The van der Waals surface area contributed by atoms with Gasteiger partial charge in [-0.3, -0.25) is 9.55 Å². The van der Waals surface area contributed by atoms with Gasteiger partial charge in [-0.25, -0.2) is 0 Å². The van der Waals surface area contributed by atoms with E-state index in [4.69, 9.17) is 21.5 Å². The molecule has 0 heterocycles. The van der Waals surface area contributed by atoms with Crippen molar-refractivity contribution in [2.24, 2.45) is 16.5 Å². The van der Waals surface area contributed by atoms with E-state index in [-0.39, 0.29) is 0 Å². The second-order valence-electron chi connectivity index (χ2n) is 1.23. The number of guanidine groups is 1. The summed E-state index contributed by atoms with van der Waals surface area (Å²) in [6, 6.07) is 0. The smallest absolute Gasteiger partial charge is 0.266 e. The average molecular weight is 171 g/mol. The lowest BCUT2D eigenvalue weighted by Crippen LogP contribution is -2.24. The maximum Gasteiger partial charge on any atom is 0.266 e. The van der Waals surface area contributed by atoms with Gasteiger partial charge in [-0.15, -0.1) is 0 Å². The molecule has 0 aromatic rings. The number of rotatable bonds is 3. The van der Waals surface area contributed by atoms with Crippen molar-refractivity contribution < 1.29 is 18.5 Å². The van der Waals surface area contributed by atoms with Crippen LogP contribution in [0, 0.1) is 0 Å². The lowest BCUT2D eigenvalue weighted by atomic mass is 10.8. The second kappa shape index (κ2) is 3.37. The average Bonchev–Trinajstić information content (AvgIpc) is 1.80. The fourth-order valence-corrected chi connectivity index (χ4v) is 0.306. The molecule has 5 N–H and O–H groups in total. The molecule has 0 bridgehead atoms. The van der Waals surface area contributed by atoms with Crippen molar-refractivity contribution in [3.8, 4) is 0 Å². The Labute approximate surface area is 64.3 Å². The summed E-state index contributed by atoms with van der Waals surface area (Å²) in [5.74, 6) is -0.831. The highest BCUT2D eigenvalue weighted by molar-refractivity contribution is 7.85. The summed E-state index contributed by atoms with van der Waals surface area (Å²) in [6.07, 6.45) is 0. The molecule has 0 saturated heterocycles. The summed E-state index contributed by atoms with van der Waals surface area (Å²) < 4.78 is 56.8. The predicted molar refractivity (Wildman–Crippen MR) is 37.1 cm³/mol. The van der Waals surface area contributed by atoms with Crippen LogP contribution in [0.1, 0.15) is 5.48 Å². The molecule has 0 fully saturated rings. The van der Waals surface area contributed by atoms with Crippen LogP contribution >= 0.6 is 0 Å². The number of aliphatic imine (C=N–C) groups is 1. The van der Waals surface area contributed by atoms with Crippen molar-refractivity contribution in [2.45, 2.75) is 0 Å². The third-order valence-corrected chi connectivity index (χ3v) is 0.709. The van der Waals surface area contributed by atoms with Crippen LogP contribution in [0.25, 0.3) is 0 Å². The Bertz CT molecular complexity index is 346.